The molecule has 0 saturated carbocycles. The van der Waals surface area contributed by atoms with Crippen molar-refractivity contribution in [3.63, 3.8) is 0 Å². The largest absolute Gasteiger partial charge is 0.383 e. The maximum atomic E-state index is 5.28. The number of aromatic amines is 1. The number of ether oxygens (including phenoxy) is 1. The van der Waals surface area contributed by atoms with Crippen LogP contribution in [0.1, 0.15) is 5.56 Å². The molecule has 1 N–H and O–H groups in total. The Labute approximate surface area is 93.7 Å². The van der Waals surface area contributed by atoms with Crippen LogP contribution in [-0.2, 0) is 11.3 Å². The number of fused-ring (bicyclic) bond motifs is 1. The van der Waals surface area contributed by atoms with Crippen LogP contribution in [0.4, 0.5) is 0 Å². The maximum absolute atomic E-state index is 5.28. The van der Waals surface area contributed by atoms with E-state index in [-0.39, 0.29) is 0 Å². The second-order valence-corrected chi connectivity index (χ2v) is 3.93. The van der Waals surface area contributed by atoms with E-state index < -0.39 is 0 Å². The van der Waals surface area contributed by atoms with Gasteiger partial charge in [0.05, 0.1) is 17.6 Å². The fraction of sp³-hybridized carbons (Fsp3) is 0.364. The predicted molar refractivity (Wildman–Crippen MR) is 63.7 cm³/mol. The molecule has 0 atom stereocenters. The number of H-pyrrole nitrogens is 1. The molecule has 0 aliphatic carbocycles. The summed E-state index contributed by atoms with van der Waals surface area (Å²) in [6, 6.07) is 6.17. The van der Waals surface area contributed by atoms with Crippen LogP contribution in [0, 0.1) is 11.7 Å². The van der Waals surface area contributed by atoms with E-state index in [1.165, 1.54) is 11.1 Å². The Morgan fingerprint density at radius 1 is 1.47 bits per heavy atom. The second kappa shape index (κ2) is 4.16. The molecule has 0 spiro atoms. The van der Waals surface area contributed by atoms with Crippen molar-refractivity contribution in [3.8, 4) is 0 Å². The van der Waals surface area contributed by atoms with Crippen LogP contribution in [0.25, 0.3) is 11.0 Å². The lowest BCUT2D eigenvalue weighted by Crippen LogP contribution is -2.04. The van der Waals surface area contributed by atoms with E-state index in [2.05, 4.69) is 22.5 Å². The average Bonchev–Trinajstić information content (AvgIpc) is 2.53. The summed E-state index contributed by atoms with van der Waals surface area (Å²) in [5.41, 5.74) is 3.51. The number of aromatic nitrogens is 2. The van der Waals surface area contributed by atoms with E-state index in [0.717, 1.165) is 16.8 Å². The molecule has 0 aliphatic heterocycles. The Balaban J connectivity index is 2.61. The number of imidazole rings is 1. The van der Waals surface area contributed by atoms with Gasteiger partial charge in [-0.25, -0.2) is 0 Å². The normalized spacial score (nSPS) is 11.1. The molecule has 0 amide bonds. The first kappa shape index (κ1) is 10.4. The molecule has 4 heteroatoms. The van der Waals surface area contributed by atoms with E-state index in [1.807, 2.05) is 12.1 Å². The van der Waals surface area contributed by atoms with Crippen LogP contribution in [0.5, 0.6) is 0 Å². The summed E-state index contributed by atoms with van der Waals surface area (Å²) in [5, 5.41) is 0. The van der Waals surface area contributed by atoms with Crippen LogP contribution in [-0.4, -0.2) is 23.3 Å². The lowest BCUT2D eigenvalue weighted by Gasteiger charge is -2.05. The SMILES string of the molecule is COCCn1c(=S)[nH]c2cccc(C)c21. The summed E-state index contributed by atoms with van der Waals surface area (Å²) < 4.78 is 7.93. The Hall–Kier alpha value is -1.13. The van der Waals surface area contributed by atoms with E-state index in [1.54, 1.807) is 7.11 Å². The minimum Gasteiger partial charge on any atom is -0.383 e. The highest BCUT2D eigenvalue weighted by molar-refractivity contribution is 7.71. The molecule has 2 rings (SSSR count). The number of nitrogens with zero attached hydrogens (tertiary/aromatic N) is 1. The van der Waals surface area contributed by atoms with Gasteiger partial charge in [-0.3, -0.25) is 0 Å². The minimum absolute atomic E-state index is 0.676. The number of hydrogen-bond donors (Lipinski definition) is 1. The quantitative estimate of drug-likeness (QED) is 0.809. The molecule has 1 heterocycles. The number of para-hydroxylation sites is 1. The van der Waals surface area contributed by atoms with Crippen molar-refractivity contribution in [2.45, 2.75) is 13.5 Å². The van der Waals surface area contributed by atoms with E-state index in [0.29, 0.717) is 6.61 Å². The highest BCUT2D eigenvalue weighted by Crippen LogP contribution is 2.17. The third-order valence-corrected chi connectivity index (χ3v) is 2.84. The van der Waals surface area contributed by atoms with Gasteiger partial charge in [-0.2, -0.15) is 0 Å². The smallest absolute Gasteiger partial charge is 0.178 e. The van der Waals surface area contributed by atoms with Crippen molar-refractivity contribution in [1.82, 2.24) is 9.55 Å². The molecule has 0 unspecified atom stereocenters. The molecular formula is C11H14N2OS. The van der Waals surface area contributed by atoms with Gasteiger partial charge in [0.25, 0.3) is 0 Å². The Morgan fingerprint density at radius 3 is 3.00 bits per heavy atom. The summed E-state index contributed by atoms with van der Waals surface area (Å²) in [6.07, 6.45) is 0. The minimum atomic E-state index is 0.676. The third kappa shape index (κ3) is 1.82. The van der Waals surface area contributed by atoms with Gasteiger partial charge < -0.3 is 14.3 Å². The molecule has 0 aliphatic rings. The van der Waals surface area contributed by atoms with Gasteiger partial charge in [-0.05, 0) is 30.8 Å². The molecule has 0 saturated heterocycles. The number of rotatable bonds is 3. The van der Waals surface area contributed by atoms with E-state index in [9.17, 15) is 0 Å². The van der Waals surface area contributed by atoms with Gasteiger partial charge in [0, 0.05) is 13.7 Å². The topological polar surface area (TPSA) is 29.9 Å². The van der Waals surface area contributed by atoms with Gasteiger partial charge >= 0.3 is 0 Å². The molecule has 1 aromatic heterocycles. The van der Waals surface area contributed by atoms with Crippen LogP contribution >= 0.6 is 12.2 Å². The van der Waals surface area contributed by atoms with Crippen LogP contribution in [0.2, 0.25) is 0 Å². The Bertz CT molecular complexity index is 527. The van der Waals surface area contributed by atoms with Crippen molar-refractivity contribution >= 4 is 23.3 Å². The molecule has 0 radical (unpaired) electrons. The van der Waals surface area contributed by atoms with Crippen molar-refractivity contribution in [2.24, 2.45) is 0 Å². The first-order valence-electron chi connectivity index (χ1n) is 4.91. The lowest BCUT2D eigenvalue weighted by atomic mass is 10.2. The highest BCUT2D eigenvalue weighted by Gasteiger charge is 2.05. The zero-order valence-corrected chi connectivity index (χ0v) is 9.73. The maximum Gasteiger partial charge on any atom is 0.178 e. The summed E-state index contributed by atoms with van der Waals surface area (Å²) >= 11 is 5.28. The zero-order valence-electron chi connectivity index (χ0n) is 8.91. The molecule has 2 aromatic rings. The molecule has 3 nitrogen and oxygen atoms in total. The Morgan fingerprint density at radius 2 is 2.27 bits per heavy atom. The molecule has 15 heavy (non-hydrogen) atoms. The van der Waals surface area contributed by atoms with Crippen molar-refractivity contribution < 1.29 is 4.74 Å². The van der Waals surface area contributed by atoms with Gasteiger partial charge in [-0.15, -0.1) is 0 Å². The summed E-state index contributed by atoms with van der Waals surface area (Å²) in [6.45, 7) is 3.56. The number of aryl methyl sites for hydroxylation is 1. The number of nitrogens with one attached hydrogen (secondary N) is 1. The average molecular weight is 222 g/mol. The van der Waals surface area contributed by atoms with Crippen LogP contribution < -0.4 is 0 Å². The van der Waals surface area contributed by atoms with Gasteiger partial charge in [0.15, 0.2) is 4.77 Å². The molecule has 0 bridgehead atoms. The van der Waals surface area contributed by atoms with Crippen molar-refractivity contribution in [2.75, 3.05) is 13.7 Å². The van der Waals surface area contributed by atoms with Crippen LogP contribution in [0.3, 0.4) is 0 Å². The standard InChI is InChI=1S/C11H14N2OS/c1-8-4-3-5-9-10(8)13(6-7-14-2)11(15)12-9/h3-5H,6-7H2,1-2H3,(H,12,15). The third-order valence-electron chi connectivity index (χ3n) is 2.51. The van der Waals surface area contributed by atoms with Crippen LogP contribution in [0.15, 0.2) is 18.2 Å². The van der Waals surface area contributed by atoms with E-state index >= 15 is 0 Å². The second-order valence-electron chi connectivity index (χ2n) is 3.55. The monoisotopic (exact) mass is 222 g/mol. The van der Waals surface area contributed by atoms with Crippen molar-refractivity contribution in [1.29, 1.82) is 0 Å². The molecule has 80 valence electrons. The lowest BCUT2D eigenvalue weighted by molar-refractivity contribution is 0.188. The first-order valence-corrected chi connectivity index (χ1v) is 5.32. The first-order chi connectivity index (χ1) is 7.24. The van der Waals surface area contributed by atoms with Gasteiger partial charge in [0.1, 0.15) is 0 Å². The highest BCUT2D eigenvalue weighted by atomic mass is 32.1. The summed E-state index contributed by atoms with van der Waals surface area (Å²) in [4.78, 5) is 3.20. The molecule has 0 fully saturated rings. The zero-order chi connectivity index (χ0) is 10.8. The van der Waals surface area contributed by atoms with E-state index in [4.69, 9.17) is 17.0 Å². The molecule has 1 aromatic carbocycles. The van der Waals surface area contributed by atoms with Crippen molar-refractivity contribution in [3.05, 3.63) is 28.5 Å². The number of methoxy groups -OCH3 is 1. The predicted octanol–water partition coefficient (Wildman–Crippen LogP) is 2.65. The van der Waals surface area contributed by atoms with Gasteiger partial charge in [-0.1, -0.05) is 12.1 Å². The fourth-order valence-corrected chi connectivity index (χ4v) is 2.09. The van der Waals surface area contributed by atoms with Gasteiger partial charge in [0.2, 0.25) is 0 Å². The summed E-state index contributed by atoms with van der Waals surface area (Å²) in [7, 11) is 1.70. The Kier molecular flexibility index (Phi) is 2.88. The molecular weight excluding hydrogens is 208 g/mol. The number of benzene rings is 1. The summed E-state index contributed by atoms with van der Waals surface area (Å²) in [5.74, 6) is 0. The number of hydrogen-bond acceptors (Lipinski definition) is 2. The fourth-order valence-electron chi connectivity index (χ4n) is 1.80.